The summed E-state index contributed by atoms with van der Waals surface area (Å²) < 4.78 is 13.6. The van der Waals surface area contributed by atoms with E-state index in [9.17, 15) is 14.0 Å². The van der Waals surface area contributed by atoms with E-state index in [1.807, 2.05) is 0 Å². The van der Waals surface area contributed by atoms with Gasteiger partial charge < -0.3 is 10.4 Å². The van der Waals surface area contributed by atoms with Crippen molar-refractivity contribution in [3.05, 3.63) is 63.4 Å². The monoisotopic (exact) mass is 341 g/mol. The average molecular weight is 342 g/mol. The summed E-state index contributed by atoms with van der Waals surface area (Å²) in [7, 11) is 0. The lowest BCUT2D eigenvalue weighted by atomic mass is 10.1. The molecule has 0 spiro atoms. The van der Waals surface area contributed by atoms with Gasteiger partial charge in [0.15, 0.2) is 0 Å². The van der Waals surface area contributed by atoms with E-state index < -0.39 is 17.7 Å². The van der Waals surface area contributed by atoms with Gasteiger partial charge in [-0.1, -0.05) is 29.3 Å². The van der Waals surface area contributed by atoms with Crippen LogP contribution in [0.2, 0.25) is 10.0 Å². The second-order valence-corrected chi connectivity index (χ2v) is 5.33. The van der Waals surface area contributed by atoms with Crippen molar-refractivity contribution in [2.45, 2.75) is 6.42 Å². The number of halogens is 3. The summed E-state index contributed by atoms with van der Waals surface area (Å²) in [4.78, 5) is 23.1. The molecule has 4 nitrogen and oxygen atoms in total. The molecule has 0 aliphatic rings. The highest BCUT2D eigenvalue weighted by Crippen LogP contribution is 2.22. The van der Waals surface area contributed by atoms with E-state index in [2.05, 4.69) is 5.32 Å². The Kier molecular flexibility index (Phi) is 5.00. The van der Waals surface area contributed by atoms with Crippen LogP contribution in [-0.4, -0.2) is 17.0 Å². The molecule has 0 unspecified atom stereocenters. The Morgan fingerprint density at radius 2 is 1.73 bits per heavy atom. The molecule has 0 aromatic heterocycles. The van der Waals surface area contributed by atoms with Gasteiger partial charge in [0.2, 0.25) is 5.91 Å². The molecule has 2 N–H and O–H groups in total. The number of carboxylic acids is 1. The molecule has 2 rings (SSSR count). The smallest absolute Gasteiger partial charge is 0.337 e. The van der Waals surface area contributed by atoms with E-state index in [1.54, 1.807) is 0 Å². The number of hydrogen-bond donors (Lipinski definition) is 2. The Bertz CT molecular complexity index is 750. The summed E-state index contributed by atoms with van der Waals surface area (Å²) >= 11 is 11.4. The molecule has 2 aromatic carbocycles. The minimum atomic E-state index is -1.20. The van der Waals surface area contributed by atoms with Gasteiger partial charge in [0, 0.05) is 10.0 Å². The lowest BCUT2D eigenvalue weighted by Gasteiger charge is -2.09. The van der Waals surface area contributed by atoms with Crippen molar-refractivity contribution >= 4 is 40.8 Å². The highest BCUT2D eigenvalue weighted by Gasteiger charge is 2.14. The molecule has 0 aliphatic heterocycles. The van der Waals surface area contributed by atoms with Gasteiger partial charge in [0.25, 0.3) is 0 Å². The first-order valence-electron chi connectivity index (χ1n) is 6.13. The lowest BCUT2D eigenvalue weighted by molar-refractivity contribution is -0.115. The van der Waals surface area contributed by atoms with Crippen LogP contribution in [0.3, 0.4) is 0 Å². The molecule has 0 heterocycles. The van der Waals surface area contributed by atoms with Crippen LogP contribution in [0.5, 0.6) is 0 Å². The highest BCUT2D eigenvalue weighted by atomic mass is 35.5. The quantitative estimate of drug-likeness (QED) is 0.882. The van der Waals surface area contributed by atoms with Gasteiger partial charge in [-0.3, -0.25) is 4.79 Å². The van der Waals surface area contributed by atoms with E-state index in [1.165, 1.54) is 30.3 Å². The van der Waals surface area contributed by atoms with Crippen LogP contribution >= 0.6 is 23.2 Å². The van der Waals surface area contributed by atoms with Crippen LogP contribution in [0.25, 0.3) is 0 Å². The fourth-order valence-corrected chi connectivity index (χ4v) is 2.17. The van der Waals surface area contributed by atoms with Crippen LogP contribution in [-0.2, 0) is 11.2 Å². The first-order chi connectivity index (χ1) is 10.4. The van der Waals surface area contributed by atoms with Gasteiger partial charge in [0.1, 0.15) is 5.82 Å². The molecular formula is C15H10Cl2FNO3. The third-order valence-corrected chi connectivity index (χ3v) is 3.32. The van der Waals surface area contributed by atoms with Crippen molar-refractivity contribution in [2.24, 2.45) is 0 Å². The summed E-state index contributed by atoms with van der Waals surface area (Å²) in [5.74, 6) is -2.37. The number of benzene rings is 2. The van der Waals surface area contributed by atoms with Crippen molar-refractivity contribution in [1.82, 2.24) is 0 Å². The van der Waals surface area contributed by atoms with Crippen molar-refractivity contribution in [2.75, 3.05) is 5.32 Å². The summed E-state index contributed by atoms with van der Waals surface area (Å²) in [6.07, 6.45) is -0.255. The molecule has 0 saturated heterocycles. The second kappa shape index (κ2) is 6.77. The normalized spacial score (nSPS) is 10.3. The number of hydrogen-bond acceptors (Lipinski definition) is 2. The molecule has 22 heavy (non-hydrogen) atoms. The third-order valence-electron chi connectivity index (χ3n) is 2.85. The first kappa shape index (κ1) is 16.3. The molecule has 0 aliphatic carbocycles. The zero-order chi connectivity index (χ0) is 16.3. The molecular weight excluding hydrogens is 332 g/mol. The third kappa shape index (κ3) is 3.96. The van der Waals surface area contributed by atoms with Crippen molar-refractivity contribution in [3.8, 4) is 0 Å². The Balaban J connectivity index is 2.19. The standard InChI is InChI=1S/C15H10Cl2FNO3/c16-9-2-1-8(12(18)6-9)5-14(20)19-13-7-10(17)3-4-11(13)15(21)22/h1-4,6-7H,5H2,(H,19,20)(H,21,22). The molecule has 2 aromatic rings. The average Bonchev–Trinajstić information content (AvgIpc) is 2.41. The number of aromatic carboxylic acids is 1. The maximum Gasteiger partial charge on any atom is 0.337 e. The van der Waals surface area contributed by atoms with Crippen LogP contribution in [0.4, 0.5) is 10.1 Å². The Hall–Kier alpha value is -2.11. The maximum absolute atomic E-state index is 13.6. The number of anilines is 1. The largest absolute Gasteiger partial charge is 0.478 e. The minimum Gasteiger partial charge on any atom is -0.478 e. The Labute approximate surface area is 135 Å². The number of nitrogens with one attached hydrogen (secondary N) is 1. The topological polar surface area (TPSA) is 66.4 Å². The van der Waals surface area contributed by atoms with Crippen LogP contribution in [0.1, 0.15) is 15.9 Å². The van der Waals surface area contributed by atoms with Gasteiger partial charge in [-0.05, 0) is 35.9 Å². The summed E-state index contributed by atoms with van der Waals surface area (Å²) in [5.41, 5.74) is 0.106. The molecule has 0 atom stereocenters. The van der Waals surface area contributed by atoms with E-state index in [0.717, 1.165) is 6.07 Å². The molecule has 7 heteroatoms. The molecule has 114 valence electrons. The molecule has 0 radical (unpaired) electrons. The van der Waals surface area contributed by atoms with Crippen molar-refractivity contribution in [1.29, 1.82) is 0 Å². The Morgan fingerprint density at radius 1 is 1.09 bits per heavy atom. The highest BCUT2D eigenvalue weighted by molar-refractivity contribution is 6.31. The number of carbonyl (C=O) groups is 2. The zero-order valence-electron chi connectivity index (χ0n) is 11.1. The van der Waals surface area contributed by atoms with Gasteiger partial charge >= 0.3 is 5.97 Å². The second-order valence-electron chi connectivity index (χ2n) is 4.46. The lowest BCUT2D eigenvalue weighted by Crippen LogP contribution is -2.17. The summed E-state index contributed by atoms with van der Waals surface area (Å²) in [5, 5.41) is 12.0. The predicted octanol–water partition coefficient (Wildman–Crippen LogP) is 4.01. The SMILES string of the molecule is O=C(Cc1ccc(Cl)cc1F)Nc1cc(Cl)ccc1C(=O)O. The molecule has 0 bridgehead atoms. The predicted molar refractivity (Wildman–Crippen MR) is 82.2 cm³/mol. The van der Waals surface area contributed by atoms with Gasteiger partial charge in [-0.25, -0.2) is 9.18 Å². The fraction of sp³-hybridized carbons (Fsp3) is 0.0667. The molecule has 1 amide bonds. The van der Waals surface area contributed by atoms with Gasteiger partial charge in [-0.2, -0.15) is 0 Å². The Morgan fingerprint density at radius 3 is 2.36 bits per heavy atom. The number of carbonyl (C=O) groups excluding carboxylic acids is 1. The van der Waals surface area contributed by atoms with E-state index in [4.69, 9.17) is 28.3 Å². The fourth-order valence-electron chi connectivity index (χ4n) is 1.84. The number of amides is 1. The van der Waals surface area contributed by atoms with Crippen molar-refractivity contribution in [3.63, 3.8) is 0 Å². The van der Waals surface area contributed by atoms with E-state index in [0.29, 0.717) is 0 Å². The number of rotatable bonds is 4. The van der Waals surface area contributed by atoms with Crippen LogP contribution in [0.15, 0.2) is 36.4 Å². The first-order valence-corrected chi connectivity index (χ1v) is 6.89. The molecule has 0 fully saturated rings. The molecule has 0 saturated carbocycles. The van der Waals surface area contributed by atoms with E-state index >= 15 is 0 Å². The summed E-state index contributed by atoms with van der Waals surface area (Å²) in [6.45, 7) is 0. The van der Waals surface area contributed by atoms with Crippen LogP contribution in [0, 0.1) is 5.82 Å². The van der Waals surface area contributed by atoms with E-state index in [-0.39, 0.29) is 33.3 Å². The van der Waals surface area contributed by atoms with Crippen molar-refractivity contribution < 1.29 is 19.1 Å². The van der Waals surface area contributed by atoms with Gasteiger partial charge in [0.05, 0.1) is 17.7 Å². The zero-order valence-corrected chi connectivity index (χ0v) is 12.6. The summed E-state index contributed by atoms with van der Waals surface area (Å²) in [6, 6.07) is 7.97. The number of carboxylic acid groups (broad SMARTS) is 1. The maximum atomic E-state index is 13.6. The van der Waals surface area contributed by atoms with Crippen LogP contribution < -0.4 is 5.32 Å². The minimum absolute atomic E-state index is 0.0550. The van der Waals surface area contributed by atoms with Gasteiger partial charge in [-0.15, -0.1) is 0 Å².